The number of allylic oxidation sites excluding steroid dienone is 1. The number of carbonyl (C=O) groups excluding carboxylic acids is 1. The van der Waals surface area contributed by atoms with Crippen molar-refractivity contribution >= 4 is 5.78 Å². The number of aliphatic hydroxyl groups is 4. The molecule has 1 spiro atoms. The van der Waals surface area contributed by atoms with Crippen molar-refractivity contribution in [2.24, 2.45) is 34.5 Å². The molecular weight excluding hydrogens is 320 g/mol. The Morgan fingerprint density at radius 1 is 1.24 bits per heavy atom. The van der Waals surface area contributed by atoms with Crippen molar-refractivity contribution in [1.82, 2.24) is 0 Å². The number of carbonyl (C=O) groups is 1. The topological polar surface area (TPSA) is 98.0 Å². The van der Waals surface area contributed by atoms with E-state index in [1.807, 2.05) is 6.92 Å². The predicted octanol–water partition coefficient (Wildman–Crippen LogP) is 0.815. The number of ketones is 1. The first kappa shape index (κ1) is 17.4. The first-order chi connectivity index (χ1) is 11.5. The molecule has 0 aromatic carbocycles. The highest BCUT2D eigenvalue weighted by Gasteiger charge is 2.75. The SMILES string of the molecule is CC1=CC23C(=O)[C@@H](C=C(CO)C(O)C2(O)[C@H]1O)[C@H]1C(C[C@H]3C)C1(C)C. The fraction of sp³-hybridized carbons (Fsp3) is 0.750. The molecular formula is C20H28O5. The molecule has 0 heterocycles. The molecule has 2 bridgehead atoms. The molecule has 138 valence electrons. The molecule has 0 aromatic heterocycles. The third kappa shape index (κ3) is 1.71. The van der Waals surface area contributed by atoms with Crippen molar-refractivity contribution in [2.75, 3.05) is 6.61 Å². The summed E-state index contributed by atoms with van der Waals surface area (Å²) < 4.78 is 0. The lowest BCUT2D eigenvalue weighted by Gasteiger charge is -2.48. The van der Waals surface area contributed by atoms with Crippen LogP contribution in [0.3, 0.4) is 0 Å². The van der Waals surface area contributed by atoms with Crippen LogP contribution in [-0.4, -0.2) is 50.6 Å². The van der Waals surface area contributed by atoms with Gasteiger partial charge in [-0.05, 0) is 47.7 Å². The minimum Gasteiger partial charge on any atom is -0.392 e. The molecule has 0 aromatic rings. The number of hydrogen-bond acceptors (Lipinski definition) is 5. The van der Waals surface area contributed by atoms with Crippen LogP contribution in [0.15, 0.2) is 23.3 Å². The van der Waals surface area contributed by atoms with E-state index in [-0.39, 0.29) is 28.6 Å². The van der Waals surface area contributed by atoms with Gasteiger partial charge in [0.15, 0.2) is 5.78 Å². The molecule has 25 heavy (non-hydrogen) atoms. The Morgan fingerprint density at radius 2 is 1.88 bits per heavy atom. The van der Waals surface area contributed by atoms with Crippen LogP contribution in [-0.2, 0) is 4.79 Å². The van der Waals surface area contributed by atoms with Crippen LogP contribution >= 0.6 is 0 Å². The summed E-state index contributed by atoms with van der Waals surface area (Å²) in [6.07, 6.45) is 1.34. The van der Waals surface area contributed by atoms with Crippen molar-refractivity contribution in [2.45, 2.75) is 51.9 Å². The molecule has 4 aliphatic carbocycles. The van der Waals surface area contributed by atoms with Crippen molar-refractivity contribution in [3.63, 3.8) is 0 Å². The van der Waals surface area contributed by atoms with Gasteiger partial charge < -0.3 is 20.4 Å². The lowest BCUT2D eigenvalue weighted by atomic mass is 9.59. The van der Waals surface area contributed by atoms with Gasteiger partial charge in [0.05, 0.1) is 12.0 Å². The first-order valence-electron chi connectivity index (χ1n) is 9.18. The molecule has 0 amide bonds. The third-order valence-corrected chi connectivity index (χ3v) is 7.93. The summed E-state index contributed by atoms with van der Waals surface area (Å²) in [5.74, 6) is -0.288. The number of Topliss-reactive ketones (excluding diaryl/α,β-unsaturated/α-hetero) is 1. The van der Waals surface area contributed by atoms with E-state index < -0.39 is 35.7 Å². The standard InChI is InChI=1S/C20H28O5/c1-9-7-19-10(2)5-13-14(18(13,3)4)12(17(19)24)6-11(8-21)16(23)20(19,25)15(9)22/h6-7,10,12-16,21-23,25H,5,8H2,1-4H3/t10-,12+,13?,14+,15+,16?,19?,20?/m1/s1. The molecule has 0 radical (unpaired) electrons. The van der Waals surface area contributed by atoms with Crippen LogP contribution in [0.1, 0.15) is 34.1 Å². The van der Waals surface area contributed by atoms with E-state index in [1.165, 1.54) is 0 Å². The smallest absolute Gasteiger partial charge is 0.153 e. The fourth-order valence-electron chi connectivity index (χ4n) is 6.43. The lowest BCUT2D eigenvalue weighted by molar-refractivity contribution is -0.190. The highest BCUT2D eigenvalue weighted by atomic mass is 16.4. The van der Waals surface area contributed by atoms with E-state index in [2.05, 4.69) is 13.8 Å². The molecule has 8 atom stereocenters. The summed E-state index contributed by atoms with van der Waals surface area (Å²) in [7, 11) is 0. The number of fused-ring (bicyclic) bond motifs is 3. The number of hydrogen-bond donors (Lipinski definition) is 4. The molecule has 0 saturated heterocycles. The largest absolute Gasteiger partial charge is 0.392 e. The summed E-state index contributed by atoms with van der Waals surface area (Å²) in [5.41, 5.74) is -2.58. The van der Waals surface area contributed by atoms with Gasteiger partial charge in [-0.15, -0.1) is 0 Å². The van der Waals surface area contributed by atoms with E-state index in [9.17, 15) is 25.2 Å². The van der Waals surface area contributed by atoms with E-state index in [0.717, 1.165) is 6.42 Å². The molecule has 0 aliphatic heterocycles. The van der Waals surface area contributed by atoms with Gasteiger partial charge in [-0.25, -0.2) is 0 Å². The highest BCUT2D eigenvalue weighted by molar-refractivity contribution is 5.95. The Hall–Kier alpha value is -1.01. The summed E-state index contributed by atoms with van der Waals surface area (Å²) >= 11 is 0. The van der Waals surface area contributed by atoms with Gasteiger partial charge in [-0.3, -0.25) is 4.79 Å². The zero-order valence-electron chi connectivity index (χ0n) is 15.2. The maximum atomic E-state index is 13.7. The molecule has 4 aliphatic rings. The van der Waals surface area contributed by atoms with Gasteiger partial charge in [0.2, 0.25) is 0 Å². The first-order valence-corrected chi connectivity index (χ1v) is 9.18. The molecule has 5 heteroatoms. The highest BCUT2D eigenvalue weighted by Crippen LogP contribution is 2.71. The Morgan fingerprint density at radius 3 is 2.48 bits per heavy atom. The van der Waals surface area contributed by atoms with Crippen molar-refractivity contribution in [3.05, 3.63) is 23.3 Å². The minimum atomic E-state index is -2.03. The van der Waals surface area contributed by atoms with Gasteiger partial charge >= 0.3 is 0 Å². The van der Waals surface area contributed by atoms with Gasteiger partial charge in [0, 0.05) is 5.92 Å². The summed E-state index contributed by atoms with van der Waals surface area (Å²) in [4.78, 5) is 13.7. The van der Waals surface area contributed by atoms with E-state index in [1.54, 1.807) is 19.1 Å². The maximum absolute atomic E-state index is 13.7. The quantitative estimate of drug-likeness (QED) is 0.526. The van der Waals surface area contributed by atoms with Crippen LogP contribution in [0.25, 0.3) is 0 Å². The molecule has 2 saturated carbocycles. The van der Waals surface area contributed by atoms with Crippen LogP contribution in [0.4, 0.5) is 0 Å². The molecule has 5 nitrogen and oxygen atoms in total. The van der Waals surface area contributed by atoms with Gasteiger partial charge in [-0.1, -0.05) is 32.9 Å². The fourth-order valence-corrected chi connectivity index (χ4v) is 6.43. The van der Waals surface area contributed by atoms with Crippen molar-refractivity contribution in [1.29, 1.82) is 0 Å². The van der Waals surface area contributed by atoms with Crippen molar-refractivity contribution in [3.8, 4) is 0 Å². The second-order valence-corrected chi connectivity index (χ2v) is 9.27. The van der Waals surface area contributed by atoms with E-state index in [4.69, 9.17) is 0 Å². The van der Waals surface area contributed by atoms with E-state index in [0.29, 0.717) is 11.5 Å². The van der Waals surface area contributed by atoms with Crippen LogP contribution < -0.4 is 0 Å². The van der Waals surface area contributed by atoms with Crippen LogP contribution in [0.2, 0.25) is 0 Å². The lowest BCUT2D eigenvalue weighted by Crippen LogP contribution is -2.65. The second kappa shape index (κ2) is 4.83. The van der Waals surface area contributed by atoms with E-state index >= 15 is 0 Å². The monoisotopic (exact) mass is 348 g/mol. The van der Waals surface area contributed by atoms with Gasteiger partial charge in [-0.2, -0.15) is 0 Å². The molecule has 4 unspecified atom stereocenters. The summed E-state index contributed by atoms with van der Waals surface area (Å²) in [6, 6.07) is 0. The van der Waals surface area contributed by atoms with Crippen LogP contribution in [0, 0.1) is 34.5 Å². The Kier molecular flexibility index (Phi) is 3.36. The number of aliphatic hydroxyl groups excluding tert-OH is 3. The average Bonchev–Trinajstić information content (AvgIpc) is 3.05. The van der Waals surface area contributed by atoms with Crippen molar-refractivity contribution < 1.29 is 25.2 Å². The molecule has 4 N–H and O–H groups in total. The zero-order valence-corrected chi connectivity index (χ0v) is 15.2. The molecule has 2 fully saturated rings. The van der Waals surface area contributed by atoms with Gasteiger partial charge in [0.1, 0.15) is 17.8 Å². The molecule has 4 rings (SSSR count). The zero-order chi connectivity index (χ0) is 18.5. The number of rotatable bonds is 1. The Bertz CT molecular complexity index is 707. The summed E-state index contributed by atoms with van der Waals surface area (Å²) in [5, 5.41) is 43.0. The summed E-state index contributed by atoms with van der Waals surface area (Å²) in [6.45, 7) is 7.50. The Balaban J connectivity index is 1.99. The predicted molar refractivity (Wildman–Crippen MR) is 91.4 cm³/mol. The normalized spacial score (nSPS) is 53.2. The minimum absolute atomic E-state index is 0.0245. The Labute approximate surface area is 148 Å². The third-order valence-electron chi connectivity index (χ3n) is 7.93. The van der Waals surface area contributed by atoms with Gasteiger partial charge in [0.25, 0.3) is 0 Å². The maximum Gasteiger partial charge on any atom is 0.153 e. The average molecular weight is 348 g/mol. The van der Waals surface area contributed by atoms with Crippen LogP contribution in [0.5, 0.6) is 0 Å². The second-order valence-electron chi connectivity index (χ2n) is 9.27.